The molecule has 1 aromatic carbocycles. The van der Waals surface area contributed by atoms with Crippen LogP contribution in [0.5, 0.6) is 0 Å². The first-order chi connectivity index (χ1) is 9.13. The number of rotatable bonds is 2. The molecule has 1 heterocycles. The van der Waals surface area contributed by atoms with Crippen molar-refractivity contribution in [2.45, 2.75) is 0 Å². The zero-order valence-electron chi connectivity index (χ0n) is 10.0. The molecule has 0 aliphatic heterocycles. The van der Waals surface area contributed by atoms with E-state index in [4.69, 9.17) is 22.4 Å². The lowest BCUT2D eigenvalue weighted by molar-refractivity contribution is 0.624. The van der Waals surface area contributed by atoms with E-state index in [-0.39, 0.29) is 16.9 Å². The van der Waals surface area contributed by atoms with E-state index >= 15 is 0 Å². The molecule has 0 aliphatic carbocycles. The second kappa shape index (κ2) is 5.85. The van der Waals surface area contributed by atoms with Crippen molar-refractivity contribution in [3.05, 3.63) is 40.1 Å². The number of thioether (sulfide) groups is 1. The lowest BCUT2D eigenvalue weighted by atomic mass is 10.2. The van der Waals surface area contributed by atoms with Crippen molar-refractivity contribution in [3.8, 4) is 0 Å². The molecule has 0 spiro atoms. The average molecular weight is 293 g/mol. The molecular formula is C12H11N3O2S2. The van der Waals surface area contributed by atoms with E-state index in [1.54, 1.807) is 24.3 Å². The van der Waals surface area contributed by atoms with Gasteiger partial charge in [0.15, 0.2) is 4.32 Å². The highest BCUT2D eigenvalue weighted by atomic mass is 32.2. The van der Waals surface area contributed by atoms with Gasteiger partial charge in [0.05, 0.1) is 11.6 Å². The molecule has 2 rings (SSSR count). The molecule has 0 radical (unpaired) electrons. The van der Waals surface area contributed by atoms with Crippen LogP contribution in [0, 0.1) is 0 Å². The van der Waals surface area contributed by atoms with Gasteiger partial charge in [0.25, 0.3) is 0 Å². The first-order valence-electron chi connectivity index (χ1n) is 5.32. The Kier molecular flexibility index (Phi) is 4.18. The molecule has 3 N–H and O–H groups in total. The van der Waals surface area contributed by atoms with Crippen LogP contribution in [0.4, 0.5) is 5.88 Å². The smallest absolute Gasteiger partial charge is 0.203 e. The number of anilines is 1. The van der Waals surface area contributed by atoms with E-state index in [2.05, 4.69) is 10.5 Å². The van der Waals surface area contributed by atoms with E-state index in [1.807, 2.05) is 6.26 Å². The summed E-state index contributed by atoms with van der Waals surface area (Å²) in [5, 5.41) is 4.33. The Morgan fingerprint density at radius 2 is 2.26 bits per heavy atom. The summed E-state index contributed by atoms with van der Waals surface area (Å²) in [6, 6.07) is 6.90. The van der Waals surface area contributed by atoms with Crippen molar-refractivity contribution in [3.63, 3.8) is 0 Å². The van der Waals surface area contributed by atoms with Gasteiger partial charge in [0, 0.05) is 0 Å². The number of hydrogen-bond donors (Lipinski definition) is 2. The Balaban J connectivity index is 2.44. The molecular weight excluding hydrogens is 282 g/mol. The molecule has 98 valence electrons. The zero-order valence-corrected chi connectivity index (χ0v) is 11.7. The second-order valence-corrected chi connectivity index (χ2v) is 5.05. The highest BCUT2D eigenvalue weighted by Gasteiger charge is 2.09. The lowest BCUT2D eigenvalue weighted by Crippen LogP contribution is -2.15. The molecule has 19 heavy (non-hydrogen) atoms. The van der Waals surface area contributed by atoms with Crippen molar-refractivity contribution in [2.24, 2.45) is 5.10 Å². The fraction of sp³-hybridized carbons (Fsp3) is 0.0833. The van der Waals surface area contributed by atoms with Crippen molar-refractivity contribution in [1.82, 2.24) is 5.43 Å². The summed E-state index contributed by atoms with van der Waals surface area (Å²) in [6.07, 6.45) is 3.14. The number of nitrogen functional groups attached to an aromatic ring is 1. The van der Waals surface area contributed by atoms with Crippen molar-refractivity contribution in [1.29, 1.82) is 0 Å². The summed E-state index contributed by atoms with van der Waals surface area (Å²) in [7, 11) is 0. The Bertz CT molecular complexity index is 710. The van der Waals surface area contributed by atoms with Gasteiger partial charge in [-0.25, -0.2) is 0 Å². The number of benzene rings is 1. The van der Waals surface area contributed by atoms with Gasteiger partial charge in [-0.3, -0.25) is 10.2 Å². The molecule has 0 atom stereocenters. The maximum atomic E-state index is 12.2. The standard InChI is InChI=1S/C12H11N3O2S2/c1-19-12(18)15-14-6-8-10(16)7-4-2-3-5-9(7)17-11(8)13/h2-6H,13H2,1H3,(H,15,18)/b14-6+. The summed E-state index contributed by atoms with van der Waals surface area (Å²) in [4.78, 5) is 12.2. The minimum atomic E-state index is -0.222. The van der Waals surface area contributed by atoms with Crippen LogP contribution in [0.3, 0.4) is 0 Å². The Morgan fingerprint density at radius 1 is 1.53 bits per heavy atom. The molecule has 7 heteroatoms. The number of nitrogens with two attached hydrogens (primary N) is 1. The van der Waals surface area contributed by atoms with Crippen LogP contribution in [0.25, 0.3) is 11.0 Å². The van der Waals surface area contributed by atoms with Crippen molar-refractivity contribution < 1.29 is 4.42 Å². The lowest BCUT2D eigenvalue weighted by Gasteiger charge is -2.02. The topological polar surface area (TPSA) is 80.6 Å². The molecule has 0 saturated carbocycles. The molecule has 0 unspecified atom stereocenters. The van der Waals surface area contributed by atoms with Crippen LogP contribution < -0.4 is 16.6 Å². The van der Waals surface area contributed by atoms with E-state index in [9.17, 15) is 4.79 Å². The molecule has 0 fully saturated rings. The Morgan fingerprint density at radius 3 is 3.00 bits per heavy atom. The van der Waals surface area contributed by atoms with Gasteiger partial charge < -0.3 is 10.2 Å². The van der Waals surface area contributed by atoms with Crippen molar-refractivity contribution in [2.75, 3.05) is 12.0 Å². The predicted molar refractivity (Wildman–Crippen MR) is 83.7 cm³/mol. The fourth-order valence-electron chi connectivity index (χ4n) is 1.49. The van der Waals surface area contributed by atoms with E-state index in [0.29, 0.717) is 15.3 Å². The predicted octanol–water partition coefficient (Wildman–Crippen LogP) is 1.95. The first kappa shape index (κ1) is 13.6. The van der Waals surface area contributed by atoms with E-state index in [1.165, 1.54) is 18.0 Å². The Labute approximate surface area is 118 Å². The van der Waals surface area contributed by atoms with Crippen molar-refractivity contribution >= 4 is 51.4 Å². The highest BCUT2D eigenvalue weighted by molar-refractivity contribution is 8.22. The Hall–Kier alpha value is -1.86. The van der Waals surface area contributed by atoms with Crippen LogP contribution >= 0.6 is 24.0 Å². The highest BCUT2D eigenvalue weighted by Crippen LogP contribution is 2.15. The van der Waals surface area contributed by atoms with Crippen LogP contribution in [0.15, 0.2) is 38.6 Å². The third-order valence-corrected chi connectivity index (χ3v) is 3.45. The van der Waals surface area contributed by atoms with Crippen LogP contribution in [0.2, 0.25) is 0 Å². The molecule has 0 bridgehead atoms. The molecule has 2 aromatic rings. The monoisotopic (exact) mass is 293 g/mol. The van der Waals surface area contributed by atoms with Gasteiger partial charge in [0.2, 0.25) is 11.3 Å². The van der Waals surface area contributed by atoms with E-state index < -0.39 is 0 Å². The quantitative estimate of drug-likeness (QED) is 0.500. The van der Waals surface area contributed by atoms with Crippen LogP contribution in [-0.4, -0.2) is 16.8 Å². The largest absolute Gasteiger partial charge is 0.440 e. The number of para-hydroxylation sites is 1. The third-order valence-electron chi connectivity index (χ3n) is 2.40. The van der Waals surface area contributed by atoms with Gasteiger partial charge in [0.1, 0.15) is 11.1 Å². The fourth-order valence-corrected chi connectivity index (χ4v) is 1.69. The summed E-state index contributed by atoms with van der Waals surface area (Å²) < 4.78 is 5.88. The summed E-state index contributed by atoms with van der Waals surface area (Å²) in [5.74, 6) is 0.0318. The van der Waals surface area contributed by atoms with Crippen LogP contribution in [0.1, 0.15) is 5.56 Å². The maximum Gasteiger partial charge on any atom is 0.203 e. The summed E-state index contributed by atoms with van der Waals surface area (Å²) >= 11 is 6.26. The first-order valence-corrected chi connectivity index (χ1v) is 6.95. The number of fused-ring (bicyclic) bond motifs is 1. The van der Waals surface area contributed by atoms with Gasteiger partial charge in [-0.2, -0.15) is 5.10 Å². The molecule has 0 aliphatic rings. The minimum absolute atomic E-state index is 0.0318. The SMILES string of the molecule is CSC(=S)N/N=C/c1c(N)oc2ccccc2c1=O. The number of nitrogens with one attached hydrogen (secondary N) is 1. The normalized spacial score (nSPS) is 11.0. The number of hydrazone groups is 1. The molecule has 1 aromatic heterocycles. The van der Waals surface area contributed by atoms with Gasteiger partial charge in [-0.15, -0.1) is 0 Å². The van der Waals surface area contributed by atoms with E-state index in [0.717, 1.165) is 0 Å². The van der Waals surface area contributed by atoms with Gasteiger partial charge in [-0.1, -0.05) is 36.1 Å². The molecule has 5 nitrogen and oxygen atoms in total. The molecule has 0 saturated heterocycles. The average Bonchev–Trinajstić information content (AvgIpc) is 2.42. The second-order valence-electron chi connectivity index (χ2n) is 3.57. The van der Waals surface area contributed by atoms with Crippen LogP contribution in [-0.2, 0) is 0 Å². The molecule has 0 amide bonds. The maximum absolute atomic E-state index is 12.2. The number of hydrogen-bond acceptors (Lipinski definition) is 6. The third kappa shape index (κ3) is 2.94. The summed E-state index contributed by atoms with van der Waals surface area (Å²) in [6.45, 7) is 0. The minimum Gasteiger partial charge on any atom is -0.440 e. The summed E-state index contributed by atoms with van der Waals surface area (Å²) in [5.41, 5.74) is 8.76. The number of nitrogens with zero attached hydrogens (tertiary/aromatic N) is 1. The van der Waals surface area contributed by atoms with Gasteiger partial charge in [-0.05, 0) is 18.4 Å². The number of thiocarbonyl (C=S) groups is 1. The van der Waals surface area contributed by atoms with Gasteiger partial charge >= 0.3 is 0 Å². The zero-order chi connectivity index (χ0) is 13.8.